The number of methoxy groups -OCH3 is 1. The number of nitro groups is 1. The lowest BCUT2D eigenvalue weighted by Crippen LogP contribution is -2.34. The van der Waals surface area contributed by atoms with Crippen LogP contribution < -0.4 is 10.1 Å². The van der Waals surface area contributed by atoms with Crippen LogP contribution in [0.4, 0.5) is 5.69 Å². The van der Waals surface area contributed by atoms with Crippen LogP contribution in [-0.4, -0.2) is 49.0 Å². The van der Waals surface area contributed by atoms with Gasteiger partial charge in [0.2, 0.25) is 0 Å². The highest BCUT2D eigenvalue weighted by Crippen LogP contribution is 2.28. The van der Waals surface area contributed by atoms with Crippen molar-refractivity contribution in [3.8, 4) is 5.75 Å². The molecule has 116 valence electrons. The molecule has 0 spiro atoms. The highest BCUT2D eigenvalue weighted by Gasteiger charge is 2.22. The van der Waals surface area contributed by atoms with E-state index in [0.717, 1.165) is 19.5 Å². The molecule has 2 rings (SSSR count). The van der Waals surface area contributed by atoms with Gasteiger partial charge in [0.1, 0.15) is 0 Å². The molecular weight excluding hydrogens is 298 g/mol. The molecule has 8 heteroatoms. The van der Waals surface area contributed by atoms with Crippen LogP contribution in [0.5, 0.6) is 5.75 Å². The number of nitrogens with zero attached hydrogens (tertiary/aromatic N) is 2. The van der Waals surface area contributed by atoms with Gasteiger partial charge in [-0.1, -0.05) is 0 Å². The third-order valence-corrected chi connectivity index (χ3v) is 3.25. The molecule has 0 saturated carbocycles. The van der Waals surface area contributed by atoms with Crippen LogP contribution in [0.25, 0.3) is 0 Å². The van der Waals surface area contributed by atoms with Gasteiger partial charge < -0.3 is 15.0 Å². The maximum Gasteiger partial charge on any atom is 0.311 e. The monoisotopic (exact) mass is 315 g/mol. The first-order valence-corrected chi connectivity index (χ1v) is 6.46. The Morgan fingerprint density at radius 1 is 1.38 bits per heavy atom. The molecule has 1 aliphatic heterocycles. The lowest BCUT2D eigenvalue weighted by molar-refractivity contribution is -0.385. The van der Waals surface area contributed by atoms with Crippen molar-refractivity contribution in [3.63, 3.8) is 0 Å². The third-order valence-electron chi connectivity index (χ3n) is 3.25. The molecule has 1 heterocycles. The molecular formula is C13H18ClN3O4. The Morgan fingerprint density at radius 3 is 2.81 bits per heavy atom. The molecule has 1 amide bonds. The lowest BCUT2D eigenvalue weighted by Gasteiger charge is -2.20. The van der Waals surface area contributed by atoms with Gasteiger partial charge in [-0.15, -0.1) is 12.4 Å². The maximum atomic E-state index is 12.4. The van der Waals surface area contributed by atoms with Crippen molar-refractivity contribution < 1.29 is 14.5 Å². The van der Waals surface area contributed by atoms with E-state index in [1.807, 2.05) is 0 Å². The Hall–Kier alpha value is -1.86. The van der Waals surface area contributed by atoms with Crippen LogP contribution in [0, 0.1) is 10.1 Å². The second kappa shape index (κ2) is 7.80. The van der Waals surface area contributed by atoms with Crippen molar-refractivity contribution in [2.45, 2.75) is 6.42 Å². The molecule has 0 aromatic heterocycles. The van der Waals surface area contributed by atoms with E-state index >= 15 is 0 Å². The molecule has 1 fully saturated rings. The highest BCUT2D eigenvalue weighted by atomic mass is 35.5. The average molecular weight is 316 g/mol. The average Bonchev–Trinajstić information content (AvgIpc) is 2.74. The van der Waals surface area contributed by atoms with Crippen molar-refractivity contribution in [2.75, 3.05) is 33.3 Å². The summed E-state index contributed by atoms with van der Waals surface area (Å²) >= 11 is 0. The summed E-state index contributed by atoms with van der Waals surface area (Å²) in [6.07, 6.45) is 0.879. The largest absolute Gasteiger partial charge is 0.490 e. The van der Waals surface area contributed by atoms with Gasteiger partial charge in [-0.2, -0.15) is 0 Å². The number of carbonyl (C=O) groups is 1. The minimum atomic E-state index is -0.542. The fourth-order valence-corrected chi connectivity index (χ4v) is 2.20. The van der Waals surface area contributed by atoms with Gasteiger partial charge in [0.05, 0.1) is 12.0 Å². The maximum absolute atomic E-state index is 12.4. The normalized spacial score (nSPS) is 14.8. The molecule has 0 atom stereocenters. The predicted octanol–water partition coefficient (Wildman–Crippen LogP) is 1.46. The summed E-state index contributed by atoms with van der Waals surface area (Å²) in [5.74, 6) is -0.0245. The van der Waals surface area contributed by atoms with Crippen molar-refractivity contribution in [1.29, 1.82) is 0 Å². The second-order valence-electron chi connectivity index (χ2n) is 4.54. The number of hydrogen-bond acceptors (Lipinski definition) is 5. The van der Waals surface area contributed by atoms with E-state index in [2.05, 4.69) is 5.32 Å². The lowest BCUT2D eigenvalue weighted by atomic mass is 10.1. The van der Waals surface area contributed by atoms with Crippen LogP contribution in [0.1, 0.15) is 16.8 Å². The van der Waals surface area contributed by atoms with E-state index in [-0.39, 0.29) is 29.8 Å². The summed E-state index contributed by atoms with van der Waals surface area (Å²) in [6, 6.07) is 4.30. The van der Waals surface area contributed by atoms with E-state index < -0.39 is 4.92 Å². The first-order chi connectivity index (χ1) is 9.63. The Kier molecular flexibility index (Phi) is 6.39. The molecule has 0 radical (unpaired) electrons. The topological polar surface area (TPSA) is 84.7 Å². The number of hydrogen-bond donors (Lipinski definition) is 1. The van der Waals surface area contributed by atoms with Gasteiger partial charge in [-0.05, 0) is 25.1 Å². The minimum Gasteiger partial charge on any atom is -0.490 e. The van der Waals surface area contributed by atoms with Crippen LogP contribution >= 0.6 is 12.4 Å². The van der Waals surface area contributed by atoms with Crippen molar-refractivity contribution >= 4 is 24.0 Å². The van der Waals surface area contributed by atoms with Gasteiger partial charge in [-0.3, -0.25) is 14.9 Å². The van der Waals surface area contributed by atoms with Crippen LogP contribution in [0.15, 0.2) is 18.2 Å². The smallest absolute Gasteiger partial charge is 0.311 e. The zero-order valence-electron chi connectivity index (χ0n) is 11.7. The van der Waals surface area contributed by atoms with Crippen LogP contribution in [-0.2, 0) is 0 Å². The number of carbonyl (C=O) groups excluding carboxylic acids is 1. The quantitative estimate of drug-likeness (QED) is 0.674. The Labute approximate surface area is 128 Å². The summed E-state index contributed by atoms with van der Waals surface area (Å²) in [5.41, 5.74) is 0.130. The molecule has 1 saturated heterocycles. The summed E-state index contributed by atoms with van der Waals surface area (Å²) in [7, 11) is 1.37. The van der Waals surface area contributed by atoms with Gasteiger partial charge in [0.25, 0.3) is 5.91 Å². The zero-order chi connectivity index (χ0) is 14.5. The van der Waals surface area contributed by atoms with E-state index in [4.69, 9.17) is 4.74 Å². The molecule has 1 aromatic rings. The molecule has 0 aliphatic carbocycles. The van der Waals surface area contributed by atoms with Crippen LogP contribution in [0.2, 0.25) is 0 Å². The predicted molar refractivity (Wildman–Crippen MR) is 80.3 cm³/mol. The van der Waals surface area contributed by atoms with Crippen molar-refractivity contribution in [2.24, 2.45) is 0 Å². The SMILES string of the molecule is COc1ccc(C(=O)N2CCCNCC2)cc1[N+](=O)[O-].Cl. The fourth-order valence-electron chi connectivity index (χ4n) is 2.20. The number of ether oxygens (including phenoxy) is 1. The molecule has 21 heavy (non-hydrogen) atoms. The first-order valence-electron chi connectivity index (χ1n) is 6.46. The number of rotatable bonds is 3. The molecule has 1 N–H and O–H groups in total. The number of halogens is 1. The zero-order valence-corrected chi connectivity index (χ0v) is 12.5. The molecule has 7 nitrogen and oxygen atoms in total. The Balaban J connectivity index is 0.00000220. The number of amides is 1. The van der Waals surface area contributed by atoms with Crippen molar-refractivity contribution in [1.82, 2.24) is 10.2 Å². The first kappa shape index (κ1) is 17.2. The van der Waals surface area contributed by atoms with Gasteiger partial charge >= 0.3 is 5.69 Å². The third kappa shape index (κ3) is 4.05. The van der Waals surface area contributed by atoms with Crippen molar-refractivity contribution in [3.05, 3.63) is 33.9 Å². The molecule has 0 bridgehead atoms. The second-order valence-corrected chi connectivity index (χ2v) is 4.54. The standard InChI is InChI=1S/C13H17N3O4.ClH/c1-20-12-4-3-10(9-11(12)16(18)19)13(17)15-7-2-5-14-6-8-15;/h3-4,9,14H,2,5-8H2,1H3;1H. The number of benzene rings is 1. The van der Waals surface area contributed by atoms with E-state index in [9.17, 15) is 14.9 Å². The highest BCUT2D eigenvalue weighted by molar-refractivity contribution is 5.95. The van der Waals surface area contributed by atoms with Gasteiger partial charge in [-0.25, -0.2) is 0 Å². The number of nitro benzene ring substituents is 1. The molecule has 1 aromatic carbocycles. The summed E-state index contributed by atoms with van der Waals surface area (Å²) in [6.45, 7) is 2.89. The summed E-state index contributed by atoms with van der Waals surface area (Å²) in [4.78, 5) is 24.5. The molecule has 1 aliphatic rings. The molecule has 0 unspecified atom stereocenters. The van der Waals surface area contributed by atoms with E-state index in [1.54, 1.807) is 11.0 Å². The van der Waals surface area contributed by atoms with Gasteiger partial charge in [0.15, 0.2) is 5.75 Å². The van der Waals surface area contributed by atoms with E-state index in [0.29, 0.717) is 18.7 Å². The van der Waals surface area contributed by atoms with Gasteiger partial charge in [0, 0.05) is 31.3 Å². The van der Waals surface area contributed by atoms with E-state index in [1.165, 1.54) is 19.2 Å². The minimum absolute atomic E-state index is 0. The Bertz CT molecular complexity index is 516. The fraction of sp³-hybridized carbons (Fsp3) is 0.462. The summed E-state index contributed by atoms with van der Waals surface area (Å²) in [5, 5.41) is 14.2. The number of nitrogens with one attached hydrogen (secondary N) is 1. The summed E-state index contributed by atoms with van der Waals surface area (Å²) < 4.78 is 4.93. The Morgan fingerprint density at radius 2 is 2.14 bits per heavy atom. The van der Waals surface area contributed by atoms with Crippen LogP contribution in [0.3, 0.4) is 0 Å².